The molecule has 0 heterocycles. The number of phenolic OH excluding ortho intramolecular Hbond substituents is 1. The van der Waals surface area contributed by atoms with Gasteiger partial charge in [-0.05, 0) is 36.6 Å². The molecule has 0 radical (unpaired) electrons. The molecule has 120 valence electrons. The second kappa shape index (κ2) is 11.5. The van der Waals surface area contributed by atoms with E-state index in [-0.39, 0.29) is 35.3 Å². The molecule has 0 aliphatic rings. The summed E-state index contributed by atoms with van der Waals surface area (Å²) < 4.78 is 35.7. The molecule has 0 saturated carbocycles. The molecule has 1 N–H and O–H groups in total. The monoisotopic (exact) mass is 346 g/mol. The standard InChI is InChI=1S/C10H14O4S.C6H6O.Na/c1-2-3-6-9-7-4-5-8-10(9)14-15(11,12)13;7-6-4-2-1-3-5-6;/h4-5,7-8H,2-3,6H2,1H3,(H,11,12,13);1-5,7H;/q;;+1/p-1. The van der Waals surface area contributed by atoms with Gasteiger partial charge in [0.1, 0.15) is 11.5 Å². The molecule has 0 atom stereocenters. The molecule has 0 spiro atoms. The minimum atomic E-state index is -4.67. The van der Waals surface area contributed by atoms with Crippen LogP contribution in [0.5, 0.6) is 11.5 Å². The Hall–Kier alpha value is -1.05. The molecule has 0 unspecified atom stereocenters. The summed E-state index contributed by atoms with van der Waals surface area (Å²) in [6, 6.07) is 15.4. The SMILES string of the molecule is CCCCc1ccccc1OS(=O)(=O)[O-].Oc1ccccc1.[Na+]. The molecule has 7 heteroatoms. The van der Waals surface area contributed by atoms with E-state index in [0.717, 1.165) is 18.4 Å². The van der Waals surface area contributed by atoms with E-state index in [1.54, 1.807) is 42.5 Å². The van der Waals surface area contributed by atoms with Gasteiger partial charge in [-0.3, -0.25) is 0 Å². The topological polar surface area (TPSA) is 86.7 Å². The van der Waals surface area contributed by atoms with Crippen LogP contribution in [0, 0.1) is 0 Å². The number of unbranched alkanes of at least 4 members (excludes halogenated alkanes) is 1. The molecule has 0 saturated heterocycles. The third-order valence-corrected chi connectivity index (χ3v) is 3.10. The maximum atomic E-state index is 10.4. The van der Waals surface area contributed by atoms with E-state index in [1.165, 1.54) is 6.07 Å². The number of hydrogen-bond acceptors (Lipinski definition) is 5. The first-order chi connectivity index (χ1) is 10.4. The number of aryl methyl sites for hydroxylation is 1. The van der Waals surface area contributed by atoms with Crippen molar-refractivity contribution >= 4 is 10.4 Å². The summed E-state index contributed by atoms with van der Waals surface area (Å²) in [5.41, 5.74) is 0.749. The second-order valence-electron chi connectivity index (χ2n) is 4.54. The predicted octanol–water partition coefficient (Wildman–Crippen LogP) is 0.264. The zero-order valence-corrected chi connectivity index (χ0v) is 16.1. The van der Waals surface area contributed by atoms with Crippen LogP contribution < -0.4 is 33.7 Å². The van der Waals surface area contributed by atoms with Crippen LogP contribution in [0.3, 0.4) is 0 Å². The molecule has 23 heavy (non-hydrogen) atoms. The molecule has 2 rings (SSSR count). The van der Waals surface area contributed by atoms with Crippen LogP contribution in [0.15, 0.2) is 54.6 Å². The van der Waals surface area contributed by atoms with Crippen molar-refractivity contribution in [2.75, 3.05) is 0 Å². The van der Waals surface area contributed by atoms with Crippen molar-refractivity contribution in [1.82, 2.24) is 0 Å². The summed E-state index contributed by atoms with van der Waals surface area (Å²) in [7, 11) is -4.67. The summed E-state index contributed by atoms with van der Waals surface area (Å²) in [5.74, 6) is 0.462. The molecule has 0 bridgehead atoms. The molecule has 2 aromatic rings. The average molecular weight is 346 g/mol. The number of rotatable bonds is 5. The van der Waals surface area contributed by atoms with Crippen LogP contribution in [0.1, 0.15) is 25.3 Å². The van der Waals surface area contributed by atoms with Crippen molar-refractivity contribution < 1.29 is 51.8 Å². The van der Waals surface area contributed by atoms with Crippen LogP contribution in [0.4, 0.5) is 0 Å². The van der Waals surface area contributed by atoms with Crippen molar-refractivity contribution in [2.45, 2.75) is 26.2 Å². The number of para-hydroxylation sites is 2. The molecule has 5 nitrogen and oxygen atoms in total. The Labute approximate surface area is 159 Å². The van der Waals surface area contributed by atoms with Crippen molar-refractivity contribution in [3.8, 4) is 11.5 Å². The number of hydrogen-bond donors (Lipinski definition) is 1. The van der Waals surface area contributed by atoms with Gasteiger partial charge >= 0.3 is 29.6 Å². The normalized spacial score (nSPS) is 10.0. The average Bonchev–Trinajstić information content (AvgIpc) is 2.46. The van der Waals surface area contributed by atoms with Crippen LogP contribution in [0.2, 0.25) is 0 Å². The Balaban J connectivity index is 0.000000509. The number of aromatic hydroxyl groups is 1. The molecular formula is C16H19NaO5S. The fourth-order valence-corrected chi connectivity index (χ4v) is 2.08. The number of benzene rings is 2. The van der Waals surface area contributed by atoms with Gasteiger partial charge in [0.25, 0.3) is 10.4 Å². The fourth-order valence-electron chi connectivity index (χ4n) is 1.70. The van der Waals surface area contributed by atoms with E-state index in [9.17, 15) is 13.0 Å². The van der Waals surface area contributed by atoms with Gasteiger partial charge in [0.05, 0.1) is 0 Å². The third kappa shape index (κ3) is 10.4. The van der Waals surface area contributed by atoms with Crippen molar-refractivity contribution in [1.29, 1.82) is 0 Å². The first-order valence-corrected chi connectivity index (χ1v) is 8.23. The first-order valence-electron chi connectivity index (χ1n) is 6.89. The van der Waals surface area contributed by atoms with Gasteiger partial charge in [-0.15, -0.1) is 0 Å². The number of phenols is 1. The van der Waals surface area contributed by atoms with E-state index in [0.29, 0.717) is 12.2 Å². The van der Waals surface area contributed by atoms with Crippen LogP contribution in [-0.4, -0.2) is 18.1 Å². The minimum Gasteiger partial charge on any atom is -0.716 e. The maximum absolute atomic E-state index is 10.4. The van der Waals surface area contributed by atoms with E-state index in [2.05, 4.69) is 4.18 Å². The van der Waals surface area contributed by atoms with E-state index in [4.69, 9.17) is 5.11 Å². The summed E-state index contributed by atoms with van der Waals surface area (Å²) >= 11 is 0. The smallest absolute Gasteiger partial charge is 0.716 e. The van der Waals surface area contributed by atoms with Crippen LogP contribution in [0.25, 0.3) is 0 Å². The van der Waals surface area contributed by atoms with Crippen molar-refractivity contribution in [3.05, 3.63) is 60.2 Å². The zero-order valence-electron chi connectivity index (χ0n) is 13.3. The van der Waals surface area contributed by atoms with Crippen molar-refractivity contribution in [3.63, 3.8) is 0 Å². The quantitative estimate of drug-likeness (QED) is 0.477. The van der Waals surface area contributed by atoms with Gasteiger partial charge < -0.3 is 13.8 Å². The first kappa shape index (κ1) is 21.9. The Morgan fingerprint density at radius 3 is 2.09 bits per heavy atom. The van der Waals surface area contributed by atoms with E-state index in [1.807, 2.05) is 13.0 Å². The van der Waals surface area contributed by atoms with Gasteiger partial charge in [-0.1, -0.05) is 49.7 Å². The largest absolute Gasteiger partial charge is 1.00 e. The van der Waals surface area contributed by atoms with Crippen LogP contribution in [-0.2, 0) is 16.8 Å². The van der Waals surface area contributed by atoms with E-state index >= 15 is 0 Å². The van der Waals surface area contributed by atoms with Gasteiger partial charge in [-0.25, -0.2) is 8.42 Å². The van der Waals surface area contributed by atoms with Gasteiger partial charge in [0.2, 0.25) is 0 Å². The Kier molecular flexibility index (Phi) is 11.0. The molecule has 2 aromatic carbocycles. The predicted molar refractivity (Wildman–Crippen MR) is 83.5 cm³/mol. The third-order valence-electron chi connectivity index (χ3n) is 2.72. The van der Waals surface area contributed by atoms with Crippen molar-refractivity contribution in [2.24, 2.45) is 0 Å². The Bertz CT molecular complexity index is 659. The van der Waals surface area contributed by atoms with Crippen LogP contribution >= 0.6 is 0 Å². The molecule has 0 amide bonds. The Morgan fingerprint density at radius 1 is 1.04 bits per heavy atom. The maximum Gasteiger partial charge on any atom is 1.00 e. The summed E-state index contributed by atoms with van der Waals surface area (Å²) in [6.07, 6.45) is 2.64. The summed E-state index contributed by atoms with van der Waals surface area (Å²) in [4.78, 5) is 0. The summed E-state index contributed by atoms with van der Waals surface area (Å²) in [6.45, 7) is 2.04. The van der Waals surface area contributed by atoms with Gasteiger partial charge in [0, 0.05) is 0 Å². The van der Waals surface area contributed by atoms with Gasteiger partial charge in [0.15, 0.2) is 0 Å². The second-order valence-corrected chi connectivity index (χ2v) is 5.52. The molecular weight excluding hydrogens is 327 g/mol. The Morgan fingerprint density at radius 2 is 1.61 bits per heavy atom. The molecule has 0 fully saturated rings. The molecule has 0 aliphatic carbocycles. The zero-order chi connectivity index (χ0) is 16.4. The minimum absolute atomic E-state index is 0. The fraction of sp³-hybridized carbons (Fsp3) is 0.250. The van der Waals surface area contributed by atoms with E-state index < -0.39 is 10.4 Å². The molecule has 0 aromatic heterocycles. The van der Waals surface area contributed by atoms with Gasteiger partial charge in [-0.2, -0.15) is 0 Å². The summed E-state index contributed by atoms with van der Waals surface area (Å²) in [5, 5.41) is 8.63. The molecule has 0 aliphatic heterocycles.